The first-order valence-corrected chi connectivity index (χ1v) is 10.3. The molecule has 2 aliphatic carbocycles. The summed E-state index contributed by atoms with van der Waals surface area (Å²) in [6.45, 7) is 1.03. The lowest BCUT2D eigenvalue weighted by molar-refractivity contribution is -0.385. The molecule has 27 heavy (non-hydrogen) atoms. The number of sulfonamides is 1. The summed E-state index contributed by atoms with van der Waals surface area (Å²) in [6, 6.07) is 3.77. The molecule has 1 saturated heterocycles. The number of benzene rings is 1. The van der Waals surface area contributed by atoms with Crippen molar-refractivity contribution in [3.05, 3.63) is 40.5 Å². The van der Waals surface area contributed by atoms with Crippen LogP contribution in [0.15, 0.2) is 40.3 Å². The van der Waals surface area contributed by atoms with Gasteiger partial charge in [-0.05, 0) is 24.8 Å². The molecule has 9 nitrogen and oxygen atoms in total. The van der Waals surface area contributed by atoms with Gasteiger partial charge in [0.15, 0.2) is 0 Å². The second kappa shape index (κ2) is 7.02. The number of nitrogens with one attached hydrogen (secondary N) is 1. The van der Waals surface area contributed by atoms with Crippen molar-refractivity contribution < 1.29 is 18.1 Å². The first-order chi connectivity index (χ1) is 13.0. The van der Waals surface area contributed by atoms with Gasteiger partial charge in [-0.15, -0.1) is 0 Å². The van der Waals surface area contributed by atoms with Crippen LogP contribution in [-0.4, -0.2) is 49.7 Å². The minimum absolute atomic E-state index is 0.138. The molecule has 2 atom stereocenters. The second-order valence-electron chi connectivity index (χ2n) is 6.82. The van der Waals surface area contributed by atoms with E-state index < -0.39 is 14.9 Å². The Hall–Kier alpha value is -2.30. The van der Waals surface area contributed by atoms with Crippen molar-refractivity contribution in [3.8, 4) is 0 Å². The molecule has 1 heterocycles. The van der Waals surface area contributed by atoms with Crippen LogP contribution in [0.5, 0.6) is 0 Å². The van der Waals surface area contributed by atoms with Crippen molar-refractivity contribution >= 4 is 27.1 Å². The van der Waals surface area contributed by atoms with Gasteiger partial charge >= 0.3 is 0 Å². The maximum atomic E-state index is 13.0. The molecule has 4 rings (SSSR count). The monoisotopic (exact) mass is 392 g/mol. The highest BCUT2D eigenvalue weighted by molar-refractivity contribution is 7.89. The van der Waals surface area contributed by atoms with E-state index in [-0.39, 0.29) is 29.4 Å². The van der Waals surface area contributed by atoms with Crippen LogP contribution in [-0.2, 0) is 14.8 Å². The van der Waals surface area contributed by atoms with Crippen molar-refractivity contribution in [1.29, 1.82) is 0 Å². The summed E-state index contributed by atoms with van der Waals surface area (Å²) < 4.78 is 32.6. The number of hydrazone groups is 1. The maximum Gasteiger partial charge on any atom is 0.270 e. The molecule has 1 aromatic rings. The average Bonchev–Trinajstić information content (AvgIpc) is 3.03. The molecule has 2 fully saturated rings. The van der Waals surface area contributed by atoms with Crippen molar-refractivity contribution in [1.82, 2.24) is 4.31 Å². The van der Waals surface area contributed by atoms with E-state index in [1.165, 1.54) is 16.4 Å². The van der Waals surface area contributed by atoms with E-state index in [1.54, 1.807) is 0 Å². The summed E-state index contributed by atoms with van der Waals surface area (Å²) in [4.78, 5) is 10.4. The minimum Gasteiger partial charge on any atom is -0.379 e. The van der Waals surface area contributed by atoms with Crippen LogP contribution >= 0.6 is 0 Å². The average molecular weight is 392 g/mol. The fraction of sp³-hybridized carbons (Fsp3) is 0.471. The Morgan fingerprint density at radius 1 is 1.30 bits per heavy atom. The Labute approximate surface area is 156 Å². The van der Waals surface area contributed by atoms with Gasteiger partial charge in [-0.3, -0.25) is 15.5 Å². The van der Waals surface area contributed by atoms with Gasteiger partial charge in [0, 0.05) is 36.9 Å². The first-order valence-electron chi connectivity index (χ1n) is 8.82. The summed E-state index contributed by atoms with van der Waals surface area (Å²) in [5, 5.41) is 15.5. The number of allylic oxidation sites excluding steroid dienone is 2. The number of fused-ring (bicyclic) bond motifs is 1. The lowest BCUT2D eigenvalue weighted by Gasteiger charge is -2.32. The van der Waals surface area contributed by atoms with Gasteiger partial charge in [0.25, 0.3) is 5.69 Å². The molecular formula is C17H20N4O5S. The summed E-state index contributed by atoms with van der Waals surface area (Å²) in [5.74, 6) is 0.911. The number of morpholine rings is 1. The number of nitrogens with zero attached hydrogens (tertiary/aromatic N) is 3. The highest BCUT2D eigenvalue weighted by Crippen LogP contribution is 2.40. The van der Waals surface area contributed by atoms with Crippen LogP contribution in [0.25, 0.3) is 0 Å². The van der Waals surface area contributed by atoms with E-state index in [4.69, 9.17) is 4.74 Å². The van der Waals surface area contributed by atoms with Crippen LogP contribution < -0.4 is 5.43 Å². The molecule has 1 N–H and O–H groups in total. The van der Waals surface area contributed by atoms with E-state index in [1.807, 2.05) is 0 Å². The number of ether oxygens (including phenoxy) is 1. The van der Waals surface area contributed by atoms with Gasteiger partial charge in [-0.2, -0.15) is 9.41 Å². The molecule has 3 aliphatic rings. The van der Waals surface area contributed by atoms with Gasteiger partial charge in [0.05, 0.1) is 23.8 Å². The van der Waals surface area contributed by atoms with E-state index >= 15 is 0 Å². The van der Waals surface area contributed by atoms with Crippen molar-refractivity contribution in [2.24, 2.45) is 16.9 Å². The largest absolute Gasteiger partial charge is 0.379 e. The van der Waals surface area contributed by atoms with Gasteiger partial charge in [0.2, 0.25) is 10.0 Å². The lowest BCUT2D eigenvalue weighted by atomic mass is 9.74. The fourth-order valence-electron chi connectivity index (χ4n) is 3.65. The van der Waals surface area contributed by atoms with Gasteiger partial charge in [-0.1, -0.05) is 12.2 Å². The maximum absolute atomic E-state index is 13.0. The number of rotatable bonds is 5. The van der Waals surface area contributed by atoms with E-state index in [0.29, 0.717) is 25.0 Å². The SMILES string of the molecule is O=[N+]([O-])c1ccc(N/N=C2/C[C@H]3CC=C[C@H]23)c(S(=O)(=O)N2CCOCC2)c1. The van der Waals surface area contributed by atoms with E-state index in [2.05, 4.69) is 22.7 Å². The molecule has 0 radical (unpaired) electrons. The topological polar surface area (TPSA) is 114 Å². The predicted octanol–water partition coefficient (Wildman–Crippen LogP) is 1.98. The Bertz CT molecular complexity index is 921. The molecule has 0 spiro atoms. The zero-order valence-electron chi connectivity index (χ0n) is 14.6. The Morgan fingerprint density at radius 2 is 2.07 bits per heavy atom. The van der Waals surface area contributed by atoms with Crippen molar-refractivity contribution in [3.63, 3.8) is 0 Å². The lowest BCUT2D eigenvalue weighted by Crippen LogP contribution is -2.40. The molecule has 1 aromatic carbocycles. The molecule has 0 unspecified atom stereocenters. The number of hydrogen-bond acceptors (Lipinski definition) is 7. The third-order valence-corrected chi connectivity index (χ3v) is 7.17. The second-order valence-corrected chi connectivity index (χ2v) is 8.73. The van der Waals surface area contributed by atoms with E-state index in [0.717, 1.165) is 24.6 Å². The molecule has 1 saturated carbocycles. The quantitative estimate of drug-likeness (QED) is 0.466. The number of nitro groups is 1. The van der Waals surface area contributed by atoms with Crippen LogP contribution in [0.3, 0.4) is 0 Å². The number of hydrogen-bond donors (Lipinski definition) is 1. The highest BCUT2D eigenvalue weighted by atomic mass is 32.2. The first kappa shape index (κ1) is 18.1. The zero-order valence-corrected chi connectivity index (χ0v) is 15.4. The molecule has 1 aliphatic heterocycles. The molecule has 10 heteroatoms. The highest BCUT2D eigenvalue weighted by Gasteiger charge is 2.38. The van der Waals surface area contributed by atoms with Gasteiger partial charge in [-0.25, -0.2) is 8.42 Å². The molecule has 0 bridgehead atoms. The summed E-state index contributed by atoms with van der Waals surface area (Å²) in [7, 11) is -3.90. The minimum atomic E-state index is -3.90. The Kier molecular flexibility index (Phi) is 4.70. The normalized spacial score (nSPS) is 26.6. The van der Waals surface area contributed by atoms with Crippen LogP contribution in [0.4, 0.5) is 11.4 Å². The molecule has 0 amide bonds. The van der Waals surface area contributed by atoms with Crippen LogP contribution in [0.1, 0.15) is 12.8 Å². The summed E-state index contributed by atoms with van der Waals surface area (Å²) in [6.07, 6.45) is 6.19. The Balaban J connectivity index is 1.65. The summed E-state index contributed by atoms with van der Waals surface area (Å²) >= 11 is 0. The standard InChI is InChI=1S/C17H20N4O5S/c22-21(23)13-4-5-15(18-19-16-10-12-2-1-3-14(12)16)17(11-13)27(24,25)20-6-8-26-9-7-20/h1,3-5,11-12,14,18H,2,6-10H2/b19-16-/t12-,14+/m1/s1. The predicted molar refractivity (Wildman–Crippen MR) is 99.1 cm³/mol. The zero-order chi connectivity index (χ0) is 19.0. The third kappa shape index (κ3) is 3.35. The Morgan fingerprint density at radius 3 is 2.78 bits per heavy atom. The summed E-state index contributed by atoms with van der Waals surface area (Å²) in [5.41, 5.74) is 3.77. The number of nitro benzene ring substituents is 1. The smallest absolute Gasteiger partial charge is 0.270 e. The van der Waals surface area contributed by atoms with Crippen LogP contribution in [0, 0.1) is 22.0 Å². The van der Waals surface area contributed by atoms with Crippen molar-refractivity contribution in [2.45, 2.75) is 17.7 Å². The fourth-order valence-corrected chi connectivity index (χ4v) is 5.22. The molecule has 144 valence electrons. The van der Waals surface area contributed by atoms with Crippen molar-refractivity contribution in [2.75, 3.05) is 31.7 Å². The molecular weight excluding hydrogens is 372 g/mol. The number of non-ortho nitro benzene ring substituents is 1. The van der Waals surface area contributed by atoms with Gasteiger partial charge in [0.1, 0.15) is 4.90 Å². The third-order valence-electron chi connectivity index (χ3n) is 5.23. The van der Waals surface area contributed by atoms with Crippen LogP contribution in [0.2, 0.25) is 0 Å². The number of anilines is 1. The van der Waals surface area contributed by atoms with E-state index in [9.17, 15) is 18.5 Å². The van der Waals surface area contributed by atoms with Gasteiger partial charge < -0.3 is 4.74 Å². The molecule has 0 aromatic heterocycles.